The zero-order valence-corrected chi connectivity index (χ0v) is 12.9. The van der Waals surface area contributed by atoms with E-state index < -0.39 is 11.7 Å². The van der Waals surface area contributed by atoms with Gasteiger partial charge in [-0.2, -0.15) is 0 Å². The number of benzene rings is 1. The van der Waals surface area contributed by atoms with Crippen LogP contribution in [0.4, 0.5) is 4.39 Å². The second-order valence-corrected chi connectivity index (χ2v) is 5.58. The summed E-state index contributed by atoms with van der Waals surface area (Å²) < 4.78 is 14.3. The summed E-state index contributed by atoms with van der Waals surface area (Å²) in [6, 6.07) is 4.36. The van der Waals surface area contributed by atoms with E-state index in [1.165, 1.54) is 12.1 Å². The number of rotatable bonds is 4. The van der Waals surface area contributed by atoms with Crippen molar-refractivity contribution in [3.05, 3.63) is 51.8 Å². The number of hydrogen-bond donors (Lipinski definition) is 3. The summed E-state index contributed by atoms with van der Waals surface area (Å²) in [7, 11) is 0. The van der Waals surface area contributed by atoms with Crippen molar-refractivity contribution in [1.29, 1.82) is 5.41 Å². The lowest BCUT2D eigenvalue weighted by molar-refractivity contribution is -0.111. The van der Waals surface area contributed by atoms with Crippen molar-refractivity contribution < 1.29 is 9.18 Å². The number of amides is 1. The Hall–Kier alpha value is -1.98. The number of carbonyl (C=O) groups excluding carboxylic acids is 1. The van der Waals surface area contributed by atoms with Crippen LogP contribution in [-0.4, -0.2) is 24.7 Å². The van der Waals surface area contributed by atoms with Gasteiger partial charge in [0.25, 0.3) is 5.91 Å². The predicted molar refractivity (Wildman–Crippen MR) is 86.5 cm³/mol. The standard InChI is InChI=1S/C16H17ClFN3O/c1-9-8-21-5-4-11(9)13(7-15(19)16(20)22)12-3-2-10(17)6-14(12)18/h2-3,6-7,19,21H,4-5,8H2,1H3,(H2,20,22)/b13-7+,19-15?. The molecule has 1 aliphatic heterocycles. The van der Waals surface area contributed by atoms with Crippen molar-refractivity contribution in [2.45, 2.75) is 13.3 Å². The summed E-state index contributed by atoms with van der Waals surface area (Å²) in [6.07, 6.45) is 2.02. The maximum absolute atomic E-state index is 14.3. The van der Waals surface area contributed by atoms with E-state index in [0.29, 0.717) is 29.1 Å². The Morgan fingerprint density at radius 3 is 2.82 bits per heavy atom. The Labute approximate surface area is 133 Å². The van der Waals surface area contributed by atoms with E-state index in [2.05, 4.69) is 5.32 Å². The van der Waals surface area contributed by atoms with Crippen molar-refractivity contribution in [2.24, 2.45) is 5.73 Å². The summed E-state index contributed by atoms with van der Waals surface area (Å²) in [4.78, 5) is 11.2. The number of allylic oxidation sites excluding steroid dienone is 1. The molecule has 6 heteroatoms. The maximum Gasteiger partial charge on any atom is 0.266 e. The van der Waals surface area contributed by atoms with Crippen LogP contribution in [0.25, 0.3) is 5.57 Å². The van der Waals surface area contributed by atoms with E-state index in [1.807, 2.05) is 6.92 Å². The molecule has 116 valence electrons. The quantitative estimate of drug-likeness (QED) is 0.745. The first-order valence-corrected chi connectivity index (χ1v) is 7.23. The van der Waals surface area contributed by atoms with Gasteiger partial charge < -0.3 is 11.1 Å². The molecule has 2 rings (SSSR count). The van der Waals surface area contributed by atoms with Gasteiger partial charge in [-0.3, -0.25) is 10.2 Å². The van der Waals surface area contributed by atoms with Crippen LogP contribution in [0.1, 0.15) is 18.9 Å². The fourth-order valence-corrected chi connectivity index (χ4v) is 2.58. The molecule has 4 N–H and O–H groups in total. The highest BCUT2D eigenvalue weighted by Crippen LogP contribution is 2.32. The third-order valence-electron chi connectivity index (χ3n) is 3.56. The first-order chi connectivity index (χ1) is 10.4. The number of nitrogens with two attached hydrogens (primary N) is 1. The van der Waals surface area contributed by atoms with E-state index >= 15 is 0 Å². The molecule has 0 atom stereocenters. The number of carbonyl (C=O) groups is 1. The largest absolute Gasteiger partial charge is 0.364 e. The summed E-state index contributed by atoms with van der Waals surface area (Å²) in [5.74, 6) is -1.34. The molecule has 22 heavy (non-hydrogen) atoms. The molecule has 0 fully saturated rings. The van der Waals surface area contributed by atoms with Crippen LogP contribution < -0.4 is 11.1 Å². The van der Waals surface area contributed by atoms with Crippen LogP contribution in [0.15, 0.2) is 35.4 Å². The first kappa shape index (κ1) is 16.4. The van der Waals surface area contributed by atoms with Gasteiger partial charge in [-0.05, 0) is 55.3 Å². The van der Waals surface area contributed by atoms with Crippen LogP contribution in [0.3, 0.4) is 0 Å². The third-order valence-corrected chi connectivity index (χ3v) is 3.79. The summed E-state index contributed by atoms with van der Waals surface area (Å²) in [6.45, 7) is 3.38. The van der Waals surface area contributed by atoms with E-state index in [-0.39, 0.29) is 5.71 Å². The Morgan fingerprint density at radius 1 is 1.50 bits per heavy atom. The Balaban J connectivity index is 2.60. The Kier molecular flexibility index (Phi) is 5.11. The van der Waals surface area contributed by atoms with Crippen molar-refractivity contribution in [3.8, 4) is 0 Å². The minimum absolute atomic E-state index is 0.293. The zero-order valence-electron chi connectivity index (χ0n) is 12.2. The molecule has 0 saturated heterocycles. The monoisotopic (exact) mass is 321 g/mol. The third kappa shape index (κ3) is 3.61. The molecule has 4 nitrogen and oxygen atoms in total. The van der Waals surface area contributed by atoms with Crippen molar-refractivity contribution in [1.82, 2.24) is 5.32 Å². The van der Waals surface area contributed by atoms with E-state index in [1.54, 1.807) is 12.1 Å². The van der Waals surface area contributed by atoms with E-state index in [9.17, 15) is 9.18 Å². The lowest BCUT2D eigenvalue weighted by atomic mass is 9.89. The average molecular weight is 322 g/mol. The molecule has 0 bridgehead atoms. The maximum atomic E-state index is 14.3. The smallest absolute Gasteiger partial charge is 0.266 e. The minimum Gasteiger partial charge on any atom is -0.364 e. The Morgan fingerprint density at radius 2 is 2.23 bits per heavy atom. The van der Waals surface area contributed by atoms with E-state index in [0.717, 1.165) is 17.7 Å². The number of halogens is 2. The van der Waals surface area contributed by atoms with Gasteiger partial charge in [0, 0.05) is 17.1 Å². The number of hydrogen-bond acceptors (Lipinski definition) is 3. The molecule has 0 spiro atoms. The van der Waals surface area contributed by atoms with Gasteiger partial charge in [0.1, 0.15) is 11.5 Å². The molecule has 0 unspecified atom stereocenters. The van der Waals surface area contributed by atoms with Gasteiger partial charge in [-0.25, -0.2) is 4.39 Å². The number of primary amides is 1. The first-order valence-electron chi connectivity index (χ1n) is 6.85. The molecule has 0 radical (unpaired) electrons. The molecule has 0 saturated carbocycles. The van der Waals surface area contributed by atoms with Gasteiger partial charge in [0.2, 0.25) is 0 Å². The summed E-state index contributed by atoms with van der Waals surface area (Å²) in [5.41, 5.74) is 7.57. The molecule has 1 aliphatic rings. The summed E-state index contributed by atoms with van der Waals surface area (Å²) in [5, 5.41) is 11.2. The predicted octanol–water partition coefficient (Wildman–Crippen LogP) is 2.68. The van der Waals surface area contributed by atoms with Crippen molar-refractivity contribution in [2.75, 3.05) is 13.1 Å². The van der Waals surface area contributed by atoms with Crippen LogP contribution in [0.5, 0.6) is 0 Å². The SMILES string of the molecule is CC1=C(/C(=C\C(=N)C(N)=O)c2ccc(Cl)cc2F)CCNC1. The second-order valence-electron chi connectivity index (χ2n) is 5.15. The molecular formula is C16H17ClFN3O. The fourth-order valence-electron chi connectivity index (χ4n) is 2.42. The normalized spacial score (nSPS) is 15.9. The molecule has 0 aliphatic carbocycles. The minimum atomic E-state index is -0.848. The number of nitrogens with one attached hydrogen (secondary N) is 2. The fraction of sp³-hybridized carbons (Fsp3) is 0.250. The molecular weight excluding hydrogens is 305 g/mol. The lowest BCUT2D eigenvalue weighted by Crippen LogP contribution is -2.25. The van der Waals surface area contributed by atoms with Crippen LogP contribution in [0.2, 0.25) is 5.02 Å². The van der Waals surface area contributed by atoms with Gasteiger partial charge in [0.15, 0.2) is 0 Å². The average Bonchev–Trinajstić information content (AvgIpc) is 2.46. The lowest BCUT2D eigenvalue weighted by Gasteiger charge is -2.22. The van der Waals surface area contributed by atoms with Crippen molar-refractivity contribution >= 4 is 28.8 Å². The zero-order chi connectivity index (χ0) is 16.3. The van der Waals surface area contributed by atoms with Crippen LogP contribution in [-0.2, 0) is 4.79 Å². The van der Waals surface area contributed by atoms with Gasteiger partial charge in [0.05, 0.1) is 0 Å². The van der Waals surface area contributed by atoms with Gasteiger partial charge in [-0.15, -0.1) is 0 Å². The highest BCUT2D eigenvalue weighted by Gasteiger charge is 2.19. The molecule has 1 aromatic carbocycles. The van der Waals surface area contributed by atoms with Crippen LogP contribution in [0, 0.1) is 11.2 Å². The van der Waals surface area contributed by atoms with Crippen LogP contribution >= 0.6 is 11.6 Å². The highest BCUT2D eigenvalue weighted by molar-refractivity contribution is 6.43. The highest BCUT2D eigenvalue weighted by atomic mass is 35.5. The van der Waals surface area contributed by atoms with E-state index in [4.69, 9.17) is 22.7 Å². The van der Waals surface area contributed by atoms with Gasteiger partial charge >= 0.3 is 0 Å². The topological polar surface area (TPSA) is 79.0 Å². The molecule has 0 aromatic heterocycles. The van der Waals surface area contributed by atoms with Crippen molar-refractivity contribution in [3.63, 3.8) is 0 Å². The molecule has 1 amide bonds. The summed E-state index contributed by atoms with van der Waals surface area (Å²) >= 11 is 5.79. The second kappa shape index (κ2) is 6.85. The molecule has 1 heterocycles. The molecule has 1 aromatic rings. The van der Waals surface area contributed by atoms with Gasteiger partial charge in [-0.1, -0.05) is 17.2 Å². The Bertz CT molecular complexity index is 695.